The van der Waals surface area contributed by atoms with E-state index in [4.69, 9.17) is 5.73 Å². The van der Waals surface area contributed by atoms with E-state index < -0.39 is 0 Å². The number of hydrogen-bond acceptors (Lipinski definition) is 2. The molecule has 0 amide bonds. The van der Waals surface area contributed by atoms with Crippen molar-refractivity contribution in [1.29, 1.82) is 0 Å². The van der Waals surface area contributed by atoms with E-state index in [0.29, 0.717) is 6.04 Å². The second kappa shape index (κ2) is 3.97. The highest BCUT2D eigenvalue weighted by Gasteiger charge is 2.28. The SMILES string of the molecule is CN(CCC1CCCC1N)C1CC1. The molecular weight excluding hydrogens is 160 g/mol. The average Bonchev–Trinajstić information content (AvgIpc) is 2.88. The Morgan fingerprint density at radius 3 is 2.54 bits per heavy atom. The number of nitrogens with two attached hydrogens (primary N) is 1. The van der Waals surface area contributed by atoms with E-state index in [1.807, 2.05) is 0 Å². The Morgan fingerprint density at radius 1 is 1.23 bits per heavy atom. The molecule has 0 heterocycles. The van der Waals surface area contributed by atoms with Crippen LogP contribution < -0.4 is 5.73 Å². The molecule has 2 heteroatoms. The van der Waals surface area contributed by atoms with Crippen molar-refractivity contribution in [1.82, 2.24) is 4.90 Å². The van der Waals surface area contributed by atoms with E-state index in [9.17, 15) is 0 Å². The first-order valence-electron chi connectivity index (χ1n) is 5.73. The van der Waals surface area contributed by atoms with Crippen molar-refractivity contribution in [2.75, 3.05) is 13.6 Å². The molecule has 0 aliphatic heterocycles. The van der Waals surface area contributed by atoms with Gasteiger partial charge in [0.05, 0.1) is 0 Å². The van der Waals surface area contributed by atoms with Gasteiger partial charge in [-0.2, -0.15) is 0 Å². The fraction of sp³-hybridized carbons (Fsp3) is 1.00. The van der Waals surface area contributed by atoms with Crippen molar-refractivity contribution in [3.8, 4) is 0 Å². The average molecular weight is 182 g/mol. The van der Waals surface area contributed by atoms with Gasteiger partial charge in [-0.25, -0.2) is 0 Å². The van der Waals surface area contributed by atoms with Gasteiger partial charge in [-0.1, -0.05) is 6.42 Å². The second-order valence-electron chi connectivity index (χ2n) is 4.86. The molecule has 2 atom stereocenters. The monoisotopic (exact) mass is 182 g/mol. The summed E-state index contributed by atoms with van der Waals surface area (Å²) in [5.41, 5.74) is 6.04. The molecular formula is C11H22N2. The quantitative estimate of drug-likeness (QED) is 0.715. The lowest BCUT2D eigenvalue weighted by molar-refractivity contribution is 0.284. The number of nitrogens with zero attached hydrogens (tertiary/aromatic N) is 1. The summed E-state index contributed by atoms with van der Waals surface area (Å²) >= 11 is 0. The van der Waals surface area contributed by atoms with E-state index in [1.165, 1.54) is 45.1 Å². The van der Waals surface area contributed by atoms with Crippen molar-refractivity contribution in [3.63, 3.8) is 0 Å². The van der Waals surface area contributed by atoms with Gasteiger partial charge in [-0.05, 0) is 51.6 Å². The maximum atomic E-state index is 6.04. The summed E-state index contributed by atoms with van der Waals surface area (Å²) in [6, 6.07) is 1.42. The molecule has 2 nitrogen and oxygen atoms in total. The minimum atomic E-state index is 0.507. The molecule has 0 saturated heterocycles. The molecule has 0 spiro atoms. The fourth-order valence-corrected chi connectivity index (χ4v) is 2.49. The highest BCUT2D eigenvalue weighted by molar-refractivity contribution is 4.85. The molecule has 0 bridgehead atoms. The molecule has 13 heavy (non-hydrogen) atoms. The molecule has 0 aromatic rings. The zero-order valence-corrected chi connectivity index (χ0v) is 8.71. The van der Waals surface area contributed by atoms with Gasteiger partial charge < -0.3 is 10.6 Å². The van der Waals surface area contributed by atoms with E-state index in [2.05, 4.69) is 11.9 Å². The third kappa shape index (κ3) is 2.44. The van der Waals surface area contributed by atoms with Crippen molar-refractivity contribution in [2.24, 2.45) is 11.7 Å². The summed E-state index contributed by atoms with van der Waals surface area (Å²) in [6.45, 7) is 1.27. The predicted molar refractivity (Wildman–Crippen MR) is 55.6 cm³/mol. The van der Waals surface area contributed by atoms with Gasteiger partial charge in [0.25, 0.3) is 0 Å². The zero-order valence-electron chi connectivity index (χ0n) is 8.71. The Balaban J connectivity index is 1.66. The molecule has 2 aliphatic rings. The van der Waals surface area contributed by atoms with Crippen LogP contribution in [0.1, 0.15) is 38.5 Å². The second-order valence-corrected chi connectivity index (χ2v) is 4.86. The highest BCUT2D eigenvalue weighted by Crippen LogP contribution is 2.29. The van der Waals surface area contributed by atoms with E-state index in [1.54, 1.807) is 0 Å². The third-order valence-electron chi connectivity index (χ3n) is 3.74. The first kappa shape index (κ1) is 9.47. The zero-order chi connectivity index (χ0) is 9.26. The summed E-state index contributed by atoms with van der Waals surface area (Å²) in [4.78, 5) is 2.52. The van der Waals surface area contributed by atoms with Gasteiger partial charge in [0, 0.05) is 12.1 Å². The molecule has 0 radical (unpaired) electrons. The van der Waals surface area contributed by atoms with Crippen LogP contribution in [0.4, 0.5) is 0 Å². The minimum absolute atomic E-state index is 0.507. The molecule has 2 aliphatic carbocycles. The first-order valence-corrected chi connectivity index (χ1v) is 5.73. The fourth-order valence-electron chi connectivity index (χ4n) is 2.49. The smallest absolute Gasteiger partial charge is 0.00933 e. The van der Waals surface area contributed by atoms with Gasteiger partial charge >= 0.3 is 0 Å². The van der Waals surface area contributed by atoms with E-state index in [-0.39, 0.29) is 0 Å². The lowest BCUT2D eigenvalue weighted by Gasteiger charge is -2.20. The van der Waals surface area contributed by atoms with Crippen molar-refractivity contribution in [2.45, 2.75) is 50.6 Å². The topological polar surface area (TPSA) is 29.3 Å². The van der Waals surface area contributed by atoms with E-state index >= 15 is 0 Å². The molecule has 2 fully saturated rings. The van der Waals surface area contributed by atoms with Crippen LogP contribution in [-0.2, 0) is 0 Å². The van der Waals surface area contributed by atoms with Crippen LogP contribution in [0, 0.1) is 5.92 Å². The maximum Gasteiger partial charge on any atom is 0.00933 e. The van der Waals surface area contributed by atoms with Crippen LogP contribution in [-0.4, -0.2) is 30.6 Å². The van der Waals surface area contributed by atoms with Gasteiger partial charge in [-0.3, -0.25) is 0 Å². The molecule has 2 saturated carbocycles. The molecule has 2 unspecified atom stereocenters. The molecule has 0 aromatic heterocycles. The van der Waals surface area contributed by atoms with Crippen LogP contribution in [0.3, 0.4) is 0 Å². The Hall–Kier alpha value is -0.0800. The summed E-state index contributed by atoms with van der Waals surface area (Å²) in [5, 5.41) is 0. The van der Waals surface area contributed by atoms with E-state index in [0.717, 1.165) is 12.0 Å². The molecule has 2 rings (SSSR count). The summed E-state index contributed by atoms with van der Waals surface area (Å²) in [7, 11) is 2.26. The Bertz CT molecular complexity index is 165. The number of hydrogen-bond donors (Lipinski definition) is 1. The van der Waals surface area contributed by atoms with Crippen LogP contribution >= 0.6 is 0 Å². The van der Waals surface area contributed by atoms with Crippen LogP contribution in [0.2, 0.25) is 0 Å². The van der Waals surface area contributed by atoms with Crippen molar-refractivity contribution >= 4 is 0 Å². The lowest BCUT2D eigenvalue weighted by atomic mass is 10.0. The summed E-state index contributed by atoms with van der Waals surface area (Å²) < 4.78 is 0. The Labute approximate surface area is 81.5 Å². The van der Waals surface area contributed by atoms with Crippen LogP contribution in [0.5, 0.6) is 0 Å². The third-order valence-corrected chi connectivity index (χ3v) is 3.74. The van der Waals surface area contributed by atoms with Crippen molar-refractivity contribution < 1.29 is 0 Å². The molecule has 0 aromatic carbocycles. The van der Waals surface area contributed by atoms with Crippen LogP contribution in [0.15, 0.2) is 0 Å². The lowest BCUT2D eigenvalue weighted by Crippen LogP contribution is -2.29. The van der Waals surface area contributed by atoms with Gasteiger partial charge in [0.1, 0.15) is 0 Å². The molecule has 2 N–H and O–H groups in total. The number of rotatable bonds is 4. The standard InChI is InChI=1S/C11H22N2/c1-13(10-5-6-10)8-7-9-3-2-4-11(9)12/h9-11H,2-8,12H2,1H3. The highest BCUT2D eigenvalue weighted by atomic mass is 15.1. The van der Waals surface area contributed by atoms with Crippen LogP contribution in [0.25, 0.3) is 0 Å². The Kier molecular flexibility index (Phi) is 2.89. The molecule has 76 valence electrons. The predicted octanol–water partition coefficient (Wildman–Crippen LogP) is 1.60. The normalized spacial score (nSPS) is 34.4. The largest absolute Gasteiger partial charge is 0.327 e. The minimum Gasteiger partial charge on any atom is -0.327 e. The first-order chi connectivity index (χ1) is 6.27. The van der Waals surface area contributed by atoms with Crippen molar-refractivity contribution in [3.05, 3.63) is 0 Å². The van der Waals surface area contributed by atoms with Gasteiger partial charge in [0.15, 0.2) is 0 Å². The van der Waals surface area contributed by atoms with Gasteiger partial charge in [-0.15, -0.1) is 0 Å². The maximum absolute atomic E-state index is 6.04. The summed E-state index contributed by atoms with van der Waals surface area (Å²) in [5.74, 6) is 0.821. The summed E-state index contributed by atoms with van der Waals surface area (Å²) in [6.07, 6.45) is 8.17. The van der Waals surface area contributed by atoms with Gasteiger partial charge in [0.2, 0.25) is 0 Å². The Morgan fingerprint density at radius 2 is 2.00 bits per heavy atom.